The van der Waals surface area contributed by atoms with Crippen LogP contribution in [-0.4, -0.2) is 35.3 Å². The Balaban J connectivity index is 2.15. The molecule has 17 heavy (non-hydrogen) atoms. The van der Waals surface area contributed by atoms with Gasteiger partial charge in [0, 0.05) is 6.54 Å². The fourth-order valence-electron chi connectivity index (χ4n) is 2.78. The van der Waals surface area contributed by atoms with Gasteiger partial charge in [0.15, 0.2) is 0 Å². The topological polar surface area (TPSA) is 49.4 Å². The molecule has 0 aromatic carbocycles. The lowest BCUT2D eigenvalue weighted by molar-refractivity contribution is -0.150. The van der Waals surface area contributed by atoms with Crippen LogP contribution in [0.25, 0.3) is 0 Å². The molecule has 1 aliphatic heterocycles. The molecule has 0 unspecified atom stereocenters. The molecule has 0 atom stereocenters. The molecular weight excluding hydrogens is 216 g/mol. The Kier molecular flexibility index (Phi) is 3.50. The zero-order chi connectivity index (χ0) is 12.3. The average Bonchev–Trinajstić information content (AvgIpc) is 2.33. The summed E-state index contributed by atoms with van der Waals surface area (Å²) in [6, 6.07) is 0. The van der Waals surface area contributed by atoms with E-state index in [-0.39, 0.29) is 18.4 Å². The molecule has 0 bridgehead atoms. The van der Waals surface area contributed by atoms with Gasteiger partial charge < -0.3 is 10.2 Å². The SMILES string of the molecule is C/C=C/CN1CC(=O)NC2(CCCCC2)C1=O. The molecule has 2 fully saturated rings. The van der Waals surface area contributed by atoms with Gasteiger partial charge in [0.05, 0.1) is 6.54 Å². The highest BCUT2D eigenvalue weighted by molar-refractivity contribution is 5.98. The summed E-state index contributed by atoms with van der Waals surface area (Å²) in [5.74, 6) is 0.0888. The van der Waals surface area contributed by atoms with Crippen LogP contribution < -0.4 is 5.32 Å². The lowest BCUT2D eigenvalue weighted by atomic mass is 9.79. The summed E-state index contributed by atoms with van der Waals surface area (Å²) in [5.41, 5.74) is -0.588. The zero-order valence-electron chi connectivity index (χ0n) is 10.4. The van der Waals surface area contributed by atoms with Gasteiger partial charge in [0.25, 0.3) is 0 Å². The molecule has 2 amide bonds. The minimum Gasteiger partial charge on any atom is -0.340 e. The Bertz CT molecular complexity index is 343. The molecular formula is C13H20N2O2. The predicted molar refractivity (Wildman–Crippen MR) is 65.4 cm³/mol. The Morgan fingerprint density at radius 1 is 1.29 bits per heavy atom. The molecule has 0 aromatic rings. The first kappa shape index (κ1) is 12.1. The number of hydrogen-bond donors (Lipinski definition) is 1. The van der Waals surface area contributed by atoms with Crippen LogP contribution in [0.2, 0.25) is 0 Å². The van der Waals surface area contributed by atoms with Crippen LogP contribution in [0.4, 0.5) is 0 Å². The lowest BCUT2D eigenvalue weighted by Crippen LogP contribution is -2.67. The number of carbonyl (C=O) groups is 2. The summed E-state index contributed by atoms with van der Waals surface area (Å²) in [4.78, 5) is 25.8. The minimum absolute atomic E-state index is 0.0176. The van der Waals surface area contributed by atoms with Crippen molar-refractivity contribution < 1.29 is 9.59 Å². The van der Waals surface area contributed by atoms with Crippen molar-refractivity contribution in [2.75, 3.05) is 13.1 Å². The Labute approximate surface area is 102 Å². The van der Waals surface area contributed by atoms with E-state index in [9.17, 15) is 9.59 Å². The van der Waals surface area contributed by atoms with Gasteiger partial charge in [-0.15, -0.1) is 0 Å². The third-order valence-electron chi connectivity index (χ3n) is 3.68. The van der Waals surface area contributed by atoms with Crippen molar-refractivity contribution in [3.8, 4) is 0 Å². The summed E-state index contributed by atoms with van der Waals surface area (Å²) in [6.45, 7) is 2.67. The molecule has 1 saturated heterocycles. The number of nitrogens with zero attached hydrogens (tertiary/aromatic N) is 1. The van der Waals surface area contributed by atoms with Crippen LogP contribution in [0.1, 0.15) is 39.0 Å². The number of carbonyl (C=O) groups excluding carboxylic acids is 2. The number of allylic oxidation sites excluding steroid dienone is 1. The summed E-state index contributed by atoms with van der Waals surface area (Å²) in [6.07, 6.45) is 8.65. The molecule has 2 rings (SSSR count). The molecule has 1 aliphatic carbocycles. The largest absolute Gasteiger partial charge is 0.340 e. The lowest BCUT2D eigenvalue weighted by Gasteiger charge is -2.43. The number of piperazine rings is 1. The molecule has 1 saturated carbocycles. The number of hydrogen-bond acceptors (Lipinski definition) is 2. The van der Waals surface area contributed by atoms with Crippen LogP contribution in [0.15, 0.2) is 12.2 Å². The maximum Gasteiger partial charge on any atom is 0.249 e. The zero-order valence-corrected chi connectivity index (χ0v) is 10.4. The molecule has 0 aromatic heterocycles. The van der Waals surface area contributed by atoms with Crippen molar-refractivity contribution in [1.82, 2.24) is 10.2 Å². The molecule has 1 heterocycles. The minimum atomic E-state index is -0.588. The highest BCUT2D eigenvalue weighted by Crippen LogP contribution is 2.31. The van der Waals surface area contributed by atoms with Crippen molar-refractivity contribution in [3.05, 3.63) is 12.2 Å². The average molecular weight is 236 g/mol. The van der Waals surface area contributed by atoms with Crippen molar-refractivity contribution >= 4 is 11.8 Å². The van der Waals surface area contributed by atoms with Gasteiger partial charge >= 0.3 is 0 Å². The van der Waals surface area contributed by atoms with E-state index >= 15 is 0 Å². The molecule has 1 spiro atoms. The van der Waals surface area contributed by atoms with E-state index in [4.69, 9.17) is 0 Å². The van der Waals surface area contributed by atoms with Crippen LogP contribution in [0.3, 0.4) is 0 Å². The van der Waals surface area contributed by atoms with Gasteiger partial charge in [-0.1, -0.05) is 31.4 Å². The first-order chi connectivity index (χ1) is 8.18. The summed E-state index contributed by atoms with van der Waals surface area (Å²) in [5, 5.41) is 2.93. The van der Waals surface area contributed by atoms with Crippen LogP contribution in [0, 0.1) is 0 Å². The fraction of sp³-hybridized carbons (Fsp3) is 0.692. The Morgan fingerprint density at radius 3 is 2.65 bits per heavy atom. The quantitative estimate of drug-likeness (QED) is 0.733. The van der Waals surface area contributed by atoms with E-state index in [1.165, 1.54) is 6.42 Å². The second-order valence-corrected chi connectivity index (χ2v) is 4.95. The van der Waals surface area contributed by atoms with Gasteiger partial charge in [-0.2, -0.15) is 0 Å². The standard InChI is InChI=1S/C13H20N2O2/c1-2-3-9-15-10-11(16)14-13(12(15)17)7-5-4-6-8-13/h2-3H,4-10H2,1H3,(H,14,16)/b3-2+. The molecule has 4 heteroatoms. The van der Waals surface area contributed by atoms with E-state index in [2.05, 4.69) is 5.32 Å². The summed E-state index contributed by atoms with van der Waals surface area (Å²) >= 11 is 0. The number of rotatable bonds is 2. The van der Waals surface area contributed by atoms with Crippen LogP contribution >= 0.6 is 0 Å². The van der Waals surface area contributed by atoms with E-state index in [0.717, 1.165) is 25.7 Å². The monoisotopic (exact) mass is 236 g/mol. The van der Waals surface area contributed by atoms with Crippen molar-refractivity contribution in [2.24, 2.45) is 0 Å². The third kappa shape index (κ3) is 2.35. The van der Waals surface area contributed by atoms with Crippen LogP contribution in [0.5, 0.6) is 0 Å². The second-order valence-electron chi connectivity index (χ2n) is 4.95. The highest BCUT2D eigenvalue weighted by Gasteiger charge is 2.46. The van der Waals surface area contributed by atoms with Crippen LogP contribution in [-0.2, 0) is 9.59 Å². The highest BCUT2D eigenvalue weighted by atomic mass is 16.2. The Hall–Kier alpha value is -1.32. The smallest absolute Gasteiger partial charge is 0.249 e. The molecule has 94 valence electrons. The first-order valence-electron chi connectivity index (χ1n) is 6.39. The number of nitrogens with one attached hydrogen (secondary N) is 1. The van der Waals surface area contributed by atoms with Gasteiger partial charge in [0.2, 0.25) is 11.8 Å². The van der Waals surface area contributed by atoms with Gasteiger partial charge in [0.1, 0.15) is 5.54 Å². The molecule has 4 nitrogen and oxygen atoms in total. The maximum absolute atomic E-state index is 12.4. The second kappa shape index (κ2) is 4.90. The molecule has 0 radical (unpaired) electrons. The molecule has 2 aliphatic rings. The number of amides is 2. The van der Waals surface area contributed by atoms with Gasteiger partial charge in [-0.25, -0.2) is 0 Å². The first-order valence-corrected chi connectivity index (χ1v) is 6.39. The summed E-state index contributed by atoms with van der Waals surface area (Å²) in [7, 11) is 0. The van der Waals surface area contributed by atoms with E-state index in [1.54, 1.807) is 4.90 Å². The predicted octanol–water partition coefficient (Wildman–Crippen LogP) is 1.22. The summed E-state index contributed by atoms with van der Waals surface area (Å²) < 4.78 is 0. The van der Waals surface area contributed by atoms with E-state index < -0.39 is 5.54 Å². The maximum atomic E-state index is 12.4. The molecule has 1 N–H and O–H groups in total. The normalized spacial score (nSPS) is 24.4. The third-order valence-corrected chi connectivity index (χ3v) is 3.68. The fourth-order valence-corrected chi connectivity index (χ4v) is 2.78. The van der Waals surface area contributed by atoms with Crippen molar-refractivity contribution in [3.63, 3.8) is 0 Å². The van der Waals surface area contributed by atoms with E-state index in [0.29, 0.717) is 6.54 Å². The van der Waals surface area contributed by atoms with Crippen molar-refractivity contribution in [1.29, 1.82) is 0 Å². The Morgan fingerprint density at radius 2 is 2.00 bits per heavy atom. The van der Waals surface area contributed by atoms with Crippen molar-refractivity contribution in [2.45, 2.75) is 44.6 Å². The van der Waals surface area contributed by atoms with Gasteiger partial charge in [-0.3, -0.25) is 9.59 Å². The van der Waals surface area contributed by atoms with Gasteiger partial charge in [-0.05, 0) is 19.8 Å². The van der Waals surface area contributed by atoms with E-state index in [1.807, 2.05) is 19.1 Å².